The van der Waals surface area contributed by atoms with E-state index in [2.05, 4.69) is 5.32 Å². The average molecular weight is 382 g/mol. The average Bonchev–Trinajstić information content (AvgIpc) is 2.54. The minimum atomic E-state index is 0. The molecule has 2 rings (SSSR count). The van der Waals surface area contributed by atoms with E-state index in [1.165, 1.54) is 6.42 Å². The van der Waals surface area contributed by atoms with Crippen LogP contribution in [0.1, 0.15) is 19.3 Å². The van der Waals surface area contributed by atoms with Gasteiger partial charge in [0.1, 0.15) is 5.75 Å². The Morgan fingerprint density at radius 2 is 2.00 bits per heavy atom. The van der Waals surface area contributed by atoms with Gasteiger partial charge in [-0.25, -0.2) is 0 Å². The highest BCUT2D eigenvalue weighted by Crippen LogP contribution is 2.26. The molecule has 0 saturated carbocycles. The summed E-state index contributed by atoms with van der Waals surface area (Å²) in [7, 11) is 1.97. The Hall–Kier alpha value is -0.680. The fraction of sp³-hybridized carbons (Fsp3) is 0.562. The van der Waals surface area contributed by atoms with Crippen molar-refractivity contribution in [2.75, 3.05) is 33.3 Å². The van der Waals surface area contributed by atoms with E-state index in [1.54, 1.807) is 18.2 Å². The largest absolute Gasteiger partial charge is 0.484 e. The summed E-state index contributed by atoms with van der Waals surface area (Å²) in [6.45, 7) is 2.72. The zero-order chi connectivity index (χ0) is 15.9. The lowest BCUT2D eigenvalue weighted by Crippen LogP contribution is -2.41. The quantitative estimate of drug-likeness (QED) is 0.818. The van der Waals surface area contributed by atoms with Crippen LogP contribution in [0, 0.1) is 5.92 Å². The number of carbonyl (C=O) groups excluding carboxylic acids is 1. The number of piperidine rings is 1. The number of rotatable bonds is 6. The van der Waals surface area contributed by atoms with Crippen LogP contribution < -0.4 is 10.1 Å². The molecule has 130 valence electrons. The van der Waals surface area contributed by atoms with Gasteiger partial charge in [0.2, 0.25) is 0 Å². The lowest BCUT2D eigenvalue weighted by Gasteiger charge is -2.32. The predicted octanol–water partition coefficient (Wildman–Crippen LogP) is 3.64. The van der Waals surface area contributed by atoms with Crippen molar-refractivity contribution in [3.63, 3.8) is 0 Å². The summed E-state index contributed by atoms with van der Waals surface area (Å²) in [5.41, 5.74) is 0. The Kier molecular flexibility index (Phi) is 9.07. The fourth-order valence-electron chi connectivity index (χ4n) is 2.62. The molecular weight excluding hydrogens is 359 g/mol. The van der Waals surface area contributed by atoms with Crippen LogP contribution in [0.15, 0.2) is 18.2 Å². The molecule has 0 unspecified atom stereocenters. The lowest BCUT2D eigenvalue weighted by atomic mass is 9.93. The molecule has 0 atom stereocenters. The molecule has 4 nitrogen and oxygen atoms in total. The van der Waals surface area contributed by atoms with Gasteiger partial charge in [-0.2, -0.15) is 0 Å². The lowest BCUT2D eigenvalue weighted by molar-refractivity contribution is -0.134. The number of hydrogen-bond donors (Lipinski definition) is 1. The first-order chi connectivity index (χ1) is 10.6. The second-order valence-electron chi connectivity index (χ2n) is 5.58. The number of amides is 1. The fourth-order valence-corrected chi connectivity index (χ4v) is 2.91. The van der Waals surface area contributed by atoms with Crippen molar-refractivity contribution in [3.8, 4) is 5.75 Å². The van der Waals surface area contributed by atoms with Crippen molar-refractivity contribution in [2.24, 2.45) is 5.92 Å². The topological polar surface area (TPSA) is 41.6 Å². The van der Waals surface area contributed by atoms with E-state index in [0.717, 1.165) is 32.5 Å². The highest BCUT2D eigenvalue weighted by atomic mass is 35.5. The summed E-state index contributed by atoms with van der Waals surface area (Å²) in [5.74, 6) is 1.30. The van der Waals surface area contributed by atoms with E-state index in [9.17, 15) is 4.79 Å². The standard InChI is InChI=1S/C16H22Cl2N2O2.ClH/c1-19-7-4-12-5-8-20(9-6-12)16(21)11-22-13-2-3-14(17)15(18)10-13;/h2-3,10,12,19H,4-9,11H2,1H3;1H. The van der Waals surface area contributed by atoms with E-state index in [0.29, 0.717) is 21.7 Å². The number of nitrogens with one attached hydrogen (secondary N) is 1. The van der Waals surface area contributed by atoms with Crippen LogP contribution in [0.4, 0.5) is 0 Å². The number of benzene rings is 1. The van der Waals surface area contributed by atoms with Crippen LogP contribution >= 0.6 is 35.6 Å². The van der Waals surface area contributed by atoms with Crippen LogP contribution in [0.25, 0.3) is 0 Å². The molecule has 23 heavy (non-hydrogen) atoms. The Morgan fingerprint density at radius 1 is 1.30 bits per heavy atom. The molecule has 0 bridgehead atoms. The molecule has 1 N–H and O–H groups in total. The summed E-state index contributed by atoms with van der Waals surface area (Å²) in [6.07, 6.45) is 3.32. The second-order valence-corrected chi connectivity index (χ2v) is 6.40. The molecule has 1 aromatic rings. The van der Waals surface area contributed by atoms with E-state index in [-0.39, 0.29) is 24.9 Å². The third-order valence-electron chi connectivity index (χ3n) is 4.02. The van der Waals surface area contributed by atoms with Crippen molar-refractivity contribution in [3.05, 3.63) is 28.2 Å². The number of nitrogens with zero attached hydrogens (tertiary/aromatic N) is 1. The molecule has 0 aromatic heterocycles. The molecule has 1 aromatic carbocycles. The summed E-state index contributed by atoms with van der Waals surface area (Å²) in [4.78, 5) is 14.1. The van der Waals surface area contributed by atoms with Gasteiger partial charge in [0.15, 0.2) is 6.61 Å². The van der Waals surface area contributed by atoms with Gasteiger partial charge in [-0.3, -0.25) is 4.79 Å². The Bertz CT molecular complexity index is 506. The Labute approximate surface area is 153 Å². The highest BCUT2D eigenvalue weighted by Gasteiger charge is 2.22. The monoisotopic (exact) mass is 380 g/mol. The van der Waals surface area contributed by atoms with Gasteiger partial charge in [-0.15, -0.1) is 12.4 Å². The van der Waals surface area contributed by atoms with E-state index in [4.69, 9.17) is 27.9 Å². The molecule has 1 heterocycles. The van der Waals surface area contributed by atoms with Crippen LogP contribution in [0.3, 0.4) is 0 Å². The Balaban J connectivity index is 0.00000264. The first kappa shape index (κ1) is 20.4. The molecule has 1 aliphatic heterocycles. The number of carbonyl (C=O) groups is 1. The van der Waals surface area contributed by atoms with Crippen LogP contribution in [0.5, 0.6) is 5.75 Å². The maximum Gasteiger partial charge on any atom is 0.260 e. The van der Waals surface area contributed by atoms with Gasteiger partial charge in [0.25, 0.3) is 5.91 Å². The van der Waals surface area contributed by atoms with Gasteiger partial charge in [0.05, 0.1) is 10.0 Å². The number of halogens is 3. The second kappa shape index (κ2) is 10.2. The van der Waals surface area contributed by atoms with Gasteiger partial charge in [-0.1, -0.05) is 23.2 Å². The minimum Gasteiger partial charge on any atom is -0.484 e. The molecule has 1 aliphatic rings. The van der Waals surface area contributed by atoms with Crippen molar-refractivity contribution < 1.29 is 9.53 Å². The van der Waals surface area contributed by atoms with Gasteiger partial charge in [0, 0.05) is 19.2 Å². The van der Waals surface area contributed by atoms with Crippen LogP contribution in [-0.2, 0) is 4.79 Å². The summed E-state index contributed by atoms with van der Waals surface area (Å²) >= 11 is 11.8. The van der Waals surface area contributed by atoms with Gasteiger partial charge < -0.3 is 15.0 Å². The minimum absolute atomic E-state index is 0. The maximum atomic E-state index is 12.2. The number of likely N-dealkylation sites (tertiary alicyclic amines) is 1. The zero-order valence-corrected chi connectivity index (χ0v) is 15.5. The van der Waals surface area contributed by atoms with Gasteiger partial charge >= 0.3 is 0 Å². The van der Waals surface area contributed by atoms with E-state index < -0.39 is 0 Å². The first-order valence-corrected chi connectivity index (χ1v) is 8.36. The molecule has 0 spiro atoms. The third kappa shape index (κ3) is 6.38. The van der Waals surface area contributed by atoms with E-state index in [1.807, 2.05) is 11.9 Å². The summed E-state index contributed by atoms with van der Waals surface area (Å²) < 4.78 is 5.50. The zero-order valence-electron chi connectivity index (χ0n) is 13.2. The highest BCUT2D eigenvalue weighted by molar-refractivity contribution is 6.42. The molecule has 1 amide bonds. The summed E-state index contributed by atoms with van der Waals surface area (Å²) in [6, 6.07) is 5.00. The van der Waals surface area contributed by atoms with Crippen LogP contribution in [-0.4, -0.2) is 44.1 Å². The molecule has 7 heteroatoms. The normalized spacial score (nSPS) is 15.2. The van der Waals surface area contributed by atoms with Gasteiger partial charge in [-0.05, 0) is 50.9 Å². The molecule has 0 radical (unpaired) electrons. The van der Waals surface area contributed by atoms with Crippen LogP contribution in [0.2, 0.25) is 10.0 Å². The van der Waals surface area contributed by atoms with Crippen molar-refractivity contribution in [2.45, 2.75) is 19.3 Å². The number of ether oxygens (including phenoxy) is 1. The van der Waals surface area contributed by atoms with Crippen molar-refractivity contribution >= 4 is 41.5 Å². The Morgan fingerprint density at radius 3 is 2.61 bits per heavy atom. The molecule has 1 fully saturated rings. The molecular formula is C16H23Cl3N2O2. The number of hydrogen-bond acceptors (Lipinski definition) is 3. The predicted molar refractivity (Wildman–Crippen MR) is 97.1 cm³/mol. The van der Waals surface area contributed by atoms with Crippen molar-refractivity contribution in [1.29, 1.82) is 0 Å². The maximum absolute atomic E-state index is 12.2. The SMILES string of the molecule is CNCCC1CCN(C(=O)COc2ccc(Cl)c(Cl)c2)CC1.Cl. The molecule has 1 saturated heterocycles. The summed E-state index contributed by atoms with van der Waals surface area (Å²) in [5, 5.41) is 4.08. The first-order valence-electron chi connectivity index (χ1n) is 7.60. The third-order valence-corrected chi connectivity index (χ3v) is 4.76. The smallest absolute Gasteiger partial charge is 0.260 e. The molecule has 0 aliphatic carbocycles. The van der Waals surface area contributed by atoms with Crippen molar-refractivity contribution in [1.82, 2.24) is 10.2 Å². The van der Waals surface area contributed by atoms with E-state index >= 15 is 0 Å².